The Kier molecular flexibility index (Phi) is 3.99. The Bertz CT molecular complexity index is 515. The highest BCUT2D eigenvalue weighted by molar-refractivity contribution is 5.61. The highest BCUT2D eigenvalue weighted by Gasteiger charge is 1.98. The van der Waals surface area contributed by atoms with Gasteiger partial charge in [0, 0.05) is 0 Å². The van der Waals surface area contributed by atoms with Gasteiger partial charge in [-0.1, -0.05) is 67.6 Å². The third kappa shape index (κ3) is 3.10. The number of hydrogen-bond acceptors (Lipinski definition) is 0. The van der Waals surface area contributed by atoms with Crippen molar-refractivity contribution in [1.82, 2.24) is 0 Å². The van der Waals surface area contributed by atoms with E-state index in [-0.39, 0.29) is 0 Å². The fourth-order valence-corrected chi connectivity index (χ4v) is 2.04. The molecule has 0 spiro atoms. The number of rotatable bonds is 4. The van der Waals surface area contributed by atoms with Gasteiger partial charge in [0.15, 0.2) is 0 Å². The Morgan fingerprint density at radius 1 is 0.833 bits per heavy atom. The summed E-state index contributed by atoms with van der Waals surface area (Å²) in [6.07, 6.45) is 2.11. The van der Waals surface area contributed by atoms with Crippen LogP contribution in [-0.4, -0.2) is 0 Å². The van der Waals surface area contributed by atoms with Crippen molar-refractivity contribution in [2.24, 2.45) is 0 Å². The van der Waals surface area contributed by atoms with E-state index in [4.69, 9.17) is 0 Å². The minimum Gasteiger partial charge on any atom is -0.0955 e. The Hall–Kier alpha value is -1.82. The van der Waals surface area contributed by atoms with Crippen molar-refractivity contribution in [3.05, 3.63) is 77.4 Å². The normalized spacial score (nSPS) is 10.3. The van der Waals surface area contributed by atoms with Crippen molar-refractivity contribution >= 4 is 5.57 Å². The minimum absolute atomic E-state index is 1.00. The van der Waals surface area contributed by atoms with Gasteiger partial charge in [0.05, 0.1) is 0 Å². The number of hydrogen-bond donors (Lipinski definition) is 0. The second-order valence-corrected chi connectivity index (χ2v) is 4.82. The molecule has 0 radical (unpaired) electrons. The summed E-state index contributed by atoms with van der Waals surface area (Å²) < 4.78 is 0. The molecule has 0 bridgehead atoms. The van der Waals surface area contributed by atoms with E-state index in [2.05, 4.69) is 62.0 Å². The van der Waals surface area contributed by atoms with Crippen LogP contribution in [0, 0.1) is 0 Å². The van der Waals surface area contributed by atoms with E-state index in [0.29, 0.717) is 0 Å². The van der Waals surface area contributed by atoms with Crippen molar-refractivity contribution in [1.29, 1.82) is 0 Å². The summed E-state index contributed by atoms with van der Waals surface area (Å²) >= 11 is 0. The molecule has 2 aromatic carbocycles. The van der Waals surface area contributed by atoms with Crippen molar-refractivity contribution in [3.63, 3.8) is 0 Å². The molecular weight excluding hydrogens is 216 g/mol. The number of aryl methyl sites for hydroxylation is 1. The van der Waals surface area contributed by atoms with Gasteiger partial charge in [-0.25, -0.2) is 0 Å². The zero-order valence-corrected chi connectivity index (χ0v) is 11.2. The van der Waals surface area contributed by atoms with Crippen LogP contribution in [-0.2, 0) is 12.8 Å². The van der Waals surface area contributed by atoms with E-state index in [1.807, 2.05) is 6.92 Å². The molecular formula is C18H20. The standard InChI is InChI=1S/C18H20/c1-4-15-5-7-16(8-6-15)13-17-9-11-18(12-10-17)14(2)3/h5-12H,2,4,13H2,1,3H3. The van der Waals surface area contributed by atoms with Crippen LogP contribution in [0.25, 0.3) is 5.57 Å². The molecule has 0 heteroatoms. The number of benzene rings is 2. The van der Waals surface area contributed by atoms with Gasteiger partial charge in [-0.15, -0.1) is 0 Å². The fraction of sp³-hybridized carbons (Fsp3) is 0.222. The molecule has 2 rings (SSSR count). The monoisotopic (exact) mass is 236 g/mol. The Morgan fingerprint density at radius 2 is 1.28 bits per heavy atom. The first-order valence-electron chi connectivity index (χ1n) is 6.51. The van der Waals surface area contributed by atoms with Crippen LogP contribution in [0.2, 0.25) is 0 Å². The van der Waals surface area contributed by atoms with Crippen LogP contribution >= 0.6 is 0 Å². The van der Waals surface area contributed by atoms with Gasteiger partial charge in [-0.3, -0.25) is 0 Å². The second kappa shape index (κ2) is 5.68. The van der Waals surface area contributed by atoms with Crippen molar-refractivity contribution in [2.45, 2.75) is 26.7 Å². The molecule has 0 saturated heterocycles. The third-order valence-corrected chi connectivity index (χ3v) is 3.29. The van der Waals surface area contributed by atoms with Crippen molar-refractivity contribution < 1.29 is 0 Å². The molecule has 0 aliphatic carbocycles. The summed E-state index contributed by atoms with van der Waals surface area (Å²) in [6, 6.07) is 17.6. The Morgan fingerprint density at radius 3 is 1.72 bits per heavy atom. The molecule has 0 saturated carbocycles. The zero-order valence-electron chi connectivity index (χ0n) is 11.2. The molecule has 0 aliphatic heterocycles. The predicted octanol–water partition coefficient (Wildman–Crippen LogP) is 4.87. The van der Waals surface area contributed by atoms with Crippen molar-refractivity contribution in [2.75, 3.05) is 0 Å². The van der Waals surface area contributed by atoms with Gasteiger partial charge < -0.3 is 0 Å². The molecule has 0 amide bonds. The molecule has 0 aliphatic rings. The average molecular weight is 236 g/mol. The summed E-state index contributed by atoms with van der Waals surface area (Å²) in [5.41, 5.74) is 6.46. The molecule has 0 N–H and O–H groups in total. The van der Waals surface area contributed by atoms with Crippen LogP contribution in [0.1, 0.15) is 36.1 Å². The molecule has 92 valence electrons. The first-order valence-corrected chi connectivity index (χ1v) is 6.51. The van der Waals surface area contributed by atoms with E-state index in [1.54, 1.807) is 0 Å². The number of allylic oxidation sites excluding steroid dienone is 1. The summed E-state index contributed by atoms with van der Waals surface area (Å²) in [5.74, 6) is 0. The Labute approximate surface area is 110 Å². The quantitative estimate of drug-likeness (QED) is 0.710. The fourth-order valence-electron chi connectivity index (χ4n) is 2.04. The Balaban J connectivity index is 2.10. The zero-order chi connectivity index (χ0) is 13.0. The van der Waals surface area contributed by atoms with Crippen LogP contribution in [0.15, 0.2) is 55.1 Å². The first-order chi connectivity index (χ1) is 8.69. The molecule has 0 nitrogen and oxygen atoms in total. The minimum atomic E-state index is 1.00. The molecule has 18 heavy (non-hydrogen) atoms. The lowest BCUT2D eigenvalue weighted by Crippen LogP contribution is -1.89. The van der Waals surface area contributed by atoms with Crippen LogP contribution in [0.3, 0.4) is 0 Å². The van der Waals surface area contributed by atoms with Crippen LogP contribution in [0.5, 0.6) is 0 Å². The maximum absolute atomic E-state index is 3.96. The SMILES string of the molecule is C=C(C)c1ccc(Cc2ccc(CC)cc2)cc1. The summed E-state index contributed by atoms with van der Waals surface area (Å²) in [4.78, 5) is 0. The van der Waals surface area contributed by atoms with Gasteiger partial charge in [0.25, 0.3) is 0 Å². The van der Waals surface area contributed by atoms with Crippen molar-refractivity contribution in [3.8, 4) is 0 Å². The van der Waals surface area contributed by atoms with Crippen LogP contribution in [0.4, 0.5) is 0 Å². The maximum atomic E-state index is 3.96. The van der Waals surface area contributed by atoms with Gasteiger partial charge in [-0.05, 0) is 42.0 Å². The summed E-state index contributed by atoms with van der Waals surface area (Å²) in [6.45, 7) is 8.18. The smallest absolute Gasteiger partial charge is 0.00258 e. The van der Waals surface area contributed by atoms with Gasteiger partial charge in [0.1, 0.15) is 0 Å². The van der Waals surface area contributed by atoms with Gasteiger partial charge >= 0.3 is 0 Å². The molecule has 0 aromatic heterocycles. The van der Waals surface area contributed by atoms with E-state index < -0.39 is 0 Å². The third-order valence-electron chi connectivity index (χ3n) is 3.29. The summed E-state index contributed by atoms with van der Waals surface area (Å²) in [7, 11) is 0. The lowest BCUT2D eigenvalue weighted by Gasteiger charge is -2.05. The lowest BCUT2D eigenvalue weighted by molar-refractivity contribution is 1.12. The predicted molar refractivity (Wildman–Crippen MR) is 79.8 cm³/mol. The van der Waals surface area contributed by atoms with E-state index in [0.717, 1.165) is 18.4 Å². The highest BCUT2D eigenvalue weighted by Crippen LogP contribution is 2.15. The lowest BCUT2D eigenvalue weighted by atomic mass is 10.0. The van der Waals surface area contributed by atoms with E-state index >= 15 is 0 Å². The van der Waals surface area contributed by atoms with E-state index in [9.17, 15) is 0 Å². The second-order valence-electron chi connectivity index (χ2n) is 4.82. The molecule has 0 atom stereocenters. The molecule has 0 unspecified atom stereocenters. The van der Waals surface area contributed by atoms with Crippen LogP contribution < -0.4 is 0 Å². The van der Waals surface area contributed by atoms with E-state index in [1.165, 1.54) is 22.3 Å². The largest absolute Gasteiger partial charge is 0.0955 e. The van der Waals surface area contributed by atoms with Gasteiger partial charge in [0.2, 0.25) is 0 Å². The highest BCUT2D eigenvalue weighted by atomic mass is 14.0. The molecule has 2 aromatic rings. The average Bonchev–Trinajstić information content (AvgIpc) is 2.40. The molecule has 0 fully saturated rings. The summed E-state index contributed by atoms with van der Waals surface area (Å²) in [5, 5.41) is 0. The topological polar surface area (TPSA) is 0 Å². The van der Waals surface area contributed by atoms with Gasteiger partial charge in [-0.2, -0.15) is 0 Å². The first kappa shape index (κ1) is 12.6. The molecule has 0 heterocycles. The maximum Gasteiger partial charge on any atom is -0.00258 e.